The maximum Gasteiger partial charge on any atom is 0.417 e. The van der Waals surface area contributed by atoms with Gasteiger partial charge >= 0.3 is 24.1 Å². The van der Waals surface area contributed by atoms with Crippen LogP contribution in [0.4, 0.5) is 22.0 Å². The van der Waals surface area contributed by atoms with Crippen LogP contribution < -0.4 is 0 Å². The number of hydrogen-bond donors (Lipinski definition) is 4. The topological polar surface area (TPSA) is 132 Å². The summed E-state index contributed by atoms with van der Waals surface area (Å²) in [5.41, 5.74) is -2.07. The molecule has 0 unspecified atom stereocenters. The Kier molecular flexibility index (Phi) is 12.4. The molecular weight excluding hydrogens is 852 g/mol. The molecule has 0 radical (unpaired) electrons. The zero-order valence-electron chi connectivity index (χ0n) is 17.7. The van der Waals surface area contributed by atoms with Crippen molar-refractivity contribution in [1.82, 2.24) is 0 Å². The molecule has 0 saturated heterocycles. The molecular formula is C22H12F5I3O7. The molecule has 0 aromatic heterocycles. The lowest BCUT2D eigenvalue weighted by Gasteiger charge is -2.08. The number of benzene rings is 3. The highest BCUT2D eigenvalue weighted by Gasteiger charge is 2.34. The fraction of sp³-hybridized carbons (Fsp3) is 0.0455. The van der Waals surface area contributed by atoms with Gasteiger partial charge in [-0.3, -0.25) is 0 Å². The molecule has 3 aromatic rings. The molecule has 0 aliphatic rings. The second-order valence-electron chi connectivity index (χ2n) is 6.49. The Balaban J connectivity index is 0.000000279. The van der Waals surface area contributed by atoms with Gasteiger partial charge in [-0.2, -0.15) is 13.2 Å². The third-order valence-electron chi connectivity index (χ3n) is 3.93. The Morgan fingerprint density at radius 2 is 1.24 bits per heavy atom. The first kappa shape index (κ1) is 32.7. The maximum absolute atomic E-state index is 12.3. The number of carboxylic acid groups (broad SMARTS) is 3. The van der Waals surface area contributed by atoms with E-state index in [1.165, 1.54) is 6.07 Å². The molecule has 0 amide bonds. The normalized spacial score (nSPS) is 10.4. The molecule has 0 saturated carbocycles. The SMILES string of the molecule is O=C(O)c1c(I)cc(I)c(O)c1I.O=C(O)c1cc(F)cc(F)c1.O=C(O)c1ccccc1C(F)(F)F. The van der Waals surface area contributed by atoms with E-state index in [0.29, 0.717) is 16.8 Å². The van der Waals surface area contributed by atoms with Crippen LogP contribution in [0.2, 0.25) is 0 Å². The third-order valence-corrected chi connectivity index (χ3v) is 6.66. The highest BCUT2D eigenvalue weighted by Crippen LogP contribution is 2.33. The quantitative estimate of drug-likeness (QED) is 0.165. The molecule has 0 heterocycles. The van der Waals surface area contributed by atoms with Gasteiger partial charge in [-0.25, -0.2) is 23.2 Å². The van der Waals surface area contributed by atoms with Gasteiger partial charge in [-0.15, -0.1) is 0 Å². The summed E-state index contributed by atoms with van der Waals surface area (Å²) < 4.78 is 62.7. The molecule has 4 N–H and O–H groups in total. The first-order chi connectivity index (χ1) is 17.0. The molecule has 0 spiro atoms. The van der Waals surface area contributed by atoms with Crippen molar-refractivity contribution < 1.29 is 56.8 Å². The van der Waals surface area contributed by atoms with E-state index in [-0.39, 0.29) is 16.9 Å². The van der Waals surface area contributed by atoms with Crippen molar-refractivity contribution in [2.24, 2.45) is 0 Å². The van der Waals surface area contributed by atoms with Crippen LogP contribution in [-0.2, 0) is 6.18 Å². The van der Waals surface area contributed by atoms with Crippen molar-refractivity contribution in [3.05, 3.63) is 93.1 Å². The highest BCUT2D eigenvalue weighted by molar-refractivity contribution is 14.1. The lowest BCUT2D eigenvalue weighted by Crippen LogP contribution is -2.12. The predicted molar refractivity (Wildman–Crippen MR) is 145 cm³/mol. The van der Waals surface area contributed by atoms with E-state index < -0.39 is 46.8 Å². The van der Waals surface area contributed by atoms with E-state index in [9.17, 15) is 41.4 Å². The monoisotopic (exact) mass is 864 g/mol. The summed E-state index contributed by atoms with van der Waals surface area (Å²) in [5, 5.41) is 35.0. The molecule has 0 fully saturated rings. The lowest BCUT2D eigenvalue weighted by atomic mass is 10.1. The Morgan fingerprint density at radius 1 is 0.730 bits per heavy atom. The minimum atomic E-state index is -4.62. The zero-order chi connectivity index (χ0) is 28.7. The molecule has 3 aromatic carbocycles. The predicted octanol–water partition coefficient (Wildman–Crippen LogP) is 6.97. The van der Waals surface area contributed by atoms with Crippen molar-refractivity contribution in [3.63, 3.8) is 0 Å². The van der Waals surface area contributed by atoms with Gasteiger partial charge in [0.1, 0.15) is 17.4 Å². The van der Waals surface area contributed by atoms with E-state index in [2.05, 4.69) is 0 Å². The van der Waals surface area contributed by atoms with Crippen LogP contribution in [-0.4, -0.2) is 38.3 Å². The fourth-order valence-corrected chi connectivity index (χ4v) is 6.20. The number of rotatable bonds is 3. The van der Waals surface area contributed by atoms with Crippen molar-refractivity contribution in [1.29, 1.82) is 0 Å². The second-order valence-corrected chi connectivity index (χ2v) is 9.90. The second kappa shape index (κ2) is 14.0. The third kappa shape index (κ3) is 9.83. The number of alkyl halides is 3. The molecule has 0 atom stereocenters. The molecule has 3 rings (SSSR count). The summed E-state index contributed by atoms with van der Waals surface area (Å²) in [6.07, 6.45) is -4.62. The van der Waals surface area contributed by atoms with Gasteiger partial charge < -0.3 is 20.4 Å². The average Bonchev–Trinajstić information content (AvgIpc) is 2.77. The van der Waals surface area contributed by atoms with E-state index in [1.54, 1.807) is 6.07 Å². The van der Waals surface area contributed by atoms with Gasteiger partial charge in [0.15, 0.2) is 0 Å². The molecule has 0 aliphatic carbocycles. The van der Waals surface area contributed by atoms with Crippen molar-refractivity contribution in [3.8, 4) is 5.75 Å². The molecule has 198 valence electrons. The number of hydrogen-bond acceptors (Lipinski definition) is 4. The Hall–Kier alpha value is -2.29. The Bertz CT molecular complexity index is 1310. The van der Waals surface area contributed by atoms with Gasteiger partial charge in [-0.05, 0) is 98.1 Å². The standard InChI is InChI=1S/C8H5F3O2.C7H4F2O2.C7H3I3O3/c9-8(10,11)6-4-2-1-3-5(6)7(12)13;8-5-1-4(7(10)11)2-6(9)3-5;8-2-1-3(9)6(11)5(10)4(2)7(12)13/h1-4H,(H,12,13);1-3H,(H,10,11);1,11H,(H,12,13). The van der Waals surface area contributed by atoms with Gasteiger partial charge in [-0.1, -0.05) is 12.1 Å². The van der Waals surface area contributed by atoms with Crippen molar-refractivity contribution in [2.75, 3.05) is 0 Å². The minimum absolute atomic E-state index is 0.0408. The number of aromatic hydroxyl groups is 1. The summed E-state index contributed by atoms with van der Waals surface area (Å²) in [6, 6.07) is 7.83. The van der Waals surface area contributed by atoms with Gasteiger partial charge in [0.05, 0.1) is 29.4 Å². The Morgan fingerprint density at radius 3 is 1.65 bits per heavy atom. The first-order valence-electron chi connectivity index (χ1n) is 9.16. The van der Waals surface area contributed by atoms with E-state index in [0.717, 1.165) is 30.3 Å². The van der Waals surface area contributed by atoms with E-state index >= 15 is 0 Å². The number of carboxylic acids is 3. The number of carbonyl (C=O) groups is 3. The lowest BCUT2D eigenvalue weighted by molar-refractivity contribution is -0.138. The van der Waals surface area contributed by atoms with Crippen LogP contribution >= 0.6 is 67.8 Å². The first-order valence-corrected chi connectivity index (χ1v) is 12.4. The van der Waals surface area contributed by atoms with Crippen LogP contribution in [0.1, 0.15) is 36.6 Å². The maximum atomic E-state index is 12.3. The summed E-state index contributed by atoms with van der Waals surface area (Å²) in [7, 11) is 0. The summed E-state index contributed by atoms with van der Waals surface area (Å²) in [5.74, 6) is -5.67. The number of aromatic carboxylic acids is 3. The molecule has 0 bridgehead atoms. The minimum Gasteiger partial charge on any atom is -0.506 e. The Labute approximate surface area is 245 Å². The number of halogens is 8. The van der Waals surface area contributed by atoms with Crippen molar-refractivity contribution >= 4 is 85.7 Å². The van der Waals surface area contributed by atoms with Crippen molar-refractivity contribution in [2.45, 2.75) is 6.18 Å². The molecule has 37 heavy (non-hydrogen) atoms. The smallest absolute Gasteiger partial charge is 0.417 e. The largest absolute Gasteiger partial charge is 0.506 e. The van der Waals surface area contributed by atoms with Crippen LogP contribution in [0.15, 0.2) is 48.5 Å². The average molecular weight is 864 g/mol. The molecule has 0 aliphatic heterocycles. The highest BCUT2D eigenvalue weighted by atomic mass is 127. The van der Waals surface area contributed by atoms with Crippen LogP contribution in [0, 0.1) is 22.3 Å². The van der Waals surface area contributed by atoms with Gasteiger partial charge in [0.2, 0.25) is 0 Å². The summed E-state index contributed by atoms with van der Waals surface area (Å²) >= 11 is 5.74. The molecule has 15 heteroatoms. The number of phenols is 1. The van der Waals surface area contributed by atoms with Crippen LogP contribution in [0.25, 0.3) is 0 Å². The van der Waals surface area contributed by atoms with Gasteiger partial charge in [0, 0.05) is 9.64 Å². The van der Waals surface area contributed by atoms with E-state index in [1.807, 2.05) is 67.8 Å². The van der Waals surface area contributed by atoms with Crippen LogP contribution in [0.5, 0.6) is 5.75 Å². The summed E-state index contributed by atoms with van der Waals surface area (Å²) in [4.78, 5) is 31.3. The fourth-order valence-electron chi connectivity index (χ4n) is 2.37. The summed E-state index contributed by atoms with van der Waals surface area (Å²) in [6.45, 7) is 0. The van der Waals surface area contributed by atoms with Crippen LogP contribution in [0.3, 0.4) is 0 Å². The van der Waals surface area contributed by atoms with Gasteiger partial charge in [0.25, 0.3) is 0 Å². The zero-order valence-corrected chi connectivity index (χ0v) is 24.1. The van der Waals surface area contributed by atoms with E-state index in [4.69, 9.17) is 15.3 Å². The number of phenolic OH excluding ortho intramolecular Hbond substituents is 1. The molecule has 7 nitrogen and oxygen atoms in total.